The summed E-state index contributed by atoms with van der Waals surface area (Å²) in [5.41, 5.74) is 9.88. The smallest absolute Gasteiger partial charge is 0.302 e. The minimum atomic E-state index is -1.99. The second-order valence-corrected chi connectivity index (χ2v) is 22.5. The minimum absolute atomic E-state index is 0.128. The van der Waals surface area contributed by atoms with Gasteiger partial charge >= 0.3 is 5.33 Å². The lowest BCUT2D eigenvalue weighted by atomic mass is 10.1. The zero-order chi connectivity index (χ0) is 14.0. The molecule has 0 fully saturated rings. The second-order valence-electron chi connectivity index (χ2n) is 6.02. The number of nitrogens with zero attached hydrogens (tertiary/aromatic N) is 2. The highest BCUT2D eigenvalue weighted by Crippen LogP contribution is 2.21. The molecule has 0 saturated heterocycles. The van der Waals surface area contributed by atoms with Crippen LogP contribution in [-0.4, -0.2) is 31.1 Å². The van der Waals surface area contributed by atoms with E-state index in [1.165, 1.54) is 0 Å². The highest BCUT2D eigenvalue weighted by atomic mass is 29.3. The third-order valence-corrected chi connectivity index (χ3v) is 21.0. The maximum absolute atomic E-state index is 12.4. The van der Waals surface area contributed by atoms with Crippen LogP contribution < -0.4 is 0 Å². The molecule has 0 aliphatic carbocycles. The van der Waals surface area contributed by atoms with Gasteiger partial charge in [0.2, 0.25) is 0 Å². The third-order valence-electron chi connectivity index (χ3n) is 3.82. The molecule has 96 valence electrons. The van der Waals surface area contributed by atoms with E-state index >= 15 is 0 Å². The summed E-state index contributed by atoms with van der Waals surface area (Å²) in [5, 5.41) is 0.396. The summed E-state index contributed by atoms with van der Waals surface area (Å²) in [6.07, 6.45) is 0. The Morgan fingerprint density at radius 2 is 1.56 bits per heavy atom. The van der Waals surface area contributed by atoms with Gasteiger partial charge in [0.15, 0.2) is 7.59 Å². The van der Waals surface area contributed by atoms with E-state index in [1.807, 2.05) is 18.2 Å². The molecule has 1 aromatic carbocycles. The van der Waals surface area contributed by atoms with Crippen LogP contribution in [0, 0.1) is 0 Å². The number of hydrogen-bond acceptors (Lipinski definition) is 1. The van der Waals surface area contributed by atoms with E-state index in [4.69, 9.17) is 0 Å². The fourth-order valence-corrected chi connectivity index (χ4v) is 5.83. The van der Waals surface area contributed by atoms with Crippen molar-refractivity contribution < 1.29 is 9.58 Å². The quantitative estimate of drug-likeness (QED) is 0.274. The predicted octanol–water partition coefficient (Wildman–Crippen LogP) is 3.20. The van der Waals surface area contributed by atoms with Crippen LogP contribution in [0.2, 0.25) is 32.7 Å². The molecule has 0 heterocycles. The summed E-state index contributed by atoms with van der Waals surface area (Å²) in [6, 6.07) is 9.05. The Morgan fingerprint density at radius 1 is 1.06 bits per heavy atom. The van der Waals surface area contributed by atoms with E-state index in [2.05, 4.69) is 37.5 Å². The van der Waals surface area contributed by atoms with Crippen molar-refractivity contribution in [2.45, 2.75) is 32.7 Å². The molecule has 0 aliphatic rings. The average Bonchev–Trinajstić information content (AvgIpc) is 2.29. The first-order valence-electron chi connectivity index (χ1n) is 6.04. The monoisotopic (exact) mass is 276 g/mol. The molecule has 3 nitrogen and oxygen atoms in total. The lowest BCUT2D eigenvalue weighted by molar-refractivity contribution is -0.00226. The molecule has 1 rings (SSSR count). The number of ketones is 1. The summed E-state index contributed by atoms with van der Waals surface area (Å²) in [5.74, 6) is -0.128. The molecule has 0 amide bonds. The fourth-order valence-electron chi connectivity index (χ4n) is 1.54. The molecule has 0 aromatic heterocycles. The van der Waals surface area contributed by atoms with Gasteiger partial charge in [-0.05, 0) is 0 Å². The topological polar surface area (TPSA) is 53.5 Å². The number of Topliss-reactive ketones (excluding diaryl/α,β-unsaturated/α-hetero) is 1. The highest BCUT2D eigenvalue weighted by Gasteiger charge is 2.50. The average molecular weight is 276 g/mol. The van der Waals surface area contributed by atoms with Crippen LogP contribution in [0.3, 0.4) is 0 Å². The van der Waals surface area contributed by atoms with E-state index in [0.717, 1.165) is 0 Å². The molecule has 1 aromatic rings. The molecule has 0 atom stereocenters. The van der Waals surface area contributed by atoms with Gasteiger partial charge in [-0.15, -0.1) is 0 Å². The molecule has 0 N–H and O–H groups in total. The Hall–Kier alpha value is -1.30. The Morgan fingerprint density at radius 3 is 1.94 bits per heavy atom. The lowest BCUT2D eigenvalue weighted by Gasteiger charge is -2.29. The van der Waals surface area contributed by atoms with Gasteiger partial charge in [-0.3, -0.25) is 4.79 Å². The van der Waals surface area contributed by atoms with Crippen molar-refractivity contribution in [1.82, 2.24) is 0 Å². The predicted molar refractivity (Wildman–Crippen MR) is 80.2 cm³/mol. The van der Waals surface area contributed by atoms with Gasteiger partial charge < -0.3 is 5.53 Å². The first-order valence-corrected chi connectivity index (χ1v) is 13.5. The molecule has 0 bridgehead atoms. The normalized spacial score (nSPS) is 11.8. The summed E-state index contributed by atoms with van der Waals surface area (Å²) in [6.45, 7) is 10.9. The maximum Gasteiger partial charge on any atom is 0.302 e. The van der Waals surface area contributed by atoms with Crippen LogP contribution in [0.25, 0.3) is 5.53 Å². The zero-order valence-corrected chi connectivity index (χ0v) is 13.7. The van der Waals surface area contributed by atoms with Gasteiger partial charge in [0, 0.05) is 5.56 Å². The largest absolute Gasteiger partial charge is 0.362 e. The van der Waals surface area contributed by atoms with Crippen molar-refractivity contribution in [3.63, 3.8) is 0 Å². The number of benzene rings is 1. The highest BCUT2D eigenvalue weighted by molar-refractivity contribution is 7.53. The summed E-state index contributed by atoms with van der Waals surface area (Å²) in [7, 11) is -3.53. The van der Waals surface area contributed by atoms with Crippen LogP contribution in [0.15, 0.2) is 30.3 Å². The van der Waals surface area contributed by atoms with Crippen molar-refractivity contribution in [2.75, 3.05) is 0 Å². The molecule has 0 radical (unpaired) electrons. The van der Waals surface area contributed by atoms with E-state index in [0.29, 0.717) is 10.9 Å². The van der Waals surface area contributed by atoms with Crippen LogP contribution in [0.1, 0.15) is 10.4 Å². The molecule has 0 unspecified atom stereocenters. The van der Waals surface area contributed by atoms with E-state index < -0.39 is 15.2 Å². The molecular formula is C13H20N2OSi2. The molecule has 18 heavy (non-hydrogen) atoms. The van der Waals surface area contributed by atoms with Gasteiger partial charge in [0.1, 0.15) is 0 Å². The Bertz CT molecular complexity index is 497. The summed E-state index contributed by atoms with van der Waals surface area (Å²) in [4.78, 5) is 15.8. The van der Waals surface area contributed by atoms with Crippen LogP contribution in [0.4, 0.5) is 0 Å². The van der Waals surface area contributed by atoms with E-state index in [-0.39, 0.29) is 5.78 Å². The van der Waals surface area contributed by atoms with Crippen LogP contribution in [0.5, 0.6) is 0 Å². The minimum Gasteiger partial charge on any atom is -0.362 e. The van der Waals surface area contributed by atoms with Gasteiger partial charge in [-0.25, -0.2) is 0 Å². The van der Waals surface area contributed by atoms with Crippen molar-refractivity contribution >= 4 is 26.3 Å². The van der Waals surface area contributed by atoms with Crippen molar-refractivity contribution in [3.05, 3.63) is 41.4 Å². The number of carbonyl (C=O) groups excluding carboxylic acids is 1. The lowest BCUT2D eigenvalue weighted by Crippen LogP contribution is -2.61. The van der Waals surface area contributed by atoms with Gasteiger partial charge in [0.05, 0.1) is 7.59 Å². The first kappa shape index (κ1) is 14.8. The Balaban J connectivity index is 3.23. The fraction of sp³-hybridized carbons (Fsp3) is 0.385. The van der Waals surface area contributed by atoms with Gasteiger partial charge in [-0.1, -0.05) is 63.1 Å². The summed E-state index contributed by atoms with van der Waals surface area (Å²) >= 11 is 0. The molecule has 0 aliphatic heterocycles. The van der Waals surface area contributed by atoms with Crippen LogP contribution >= 0.6 is 0 Å². The number of carbonyl (C=O) groups is 1. The van der Waals surface area contributed by atoms with Crippen LogP contribution in [-0.2, 0) is 0 Å². The van der Waals surface area contributed by atoms with Crippen molar-refractivity contribution in [3.8, 4) is 0 Å². The number of rotatable bonds is 4. The molecule has 0 saturated carbocycles. The first-order chi connectivity index (χ1) is 8.21. The Kier molecular flexibility index (Phi) is 4.21. The number of hydrogen-bond donors (Lipinski definition) is 0. The molecule has 0 spiro atoms. The standard InChI is InChI=1S/C13H20N2OSi2/c1-17(2,3)18(4,5)13(15-14)12(16)11-9-7-6-8-10-11/h6-10H,1-5H3. The van der Waals surface area contributed by atoms with Gasteiger partial charge in [-0.2, -0.15) is 4.79 Å². The third kappa shape index (κ3) is 2.75. The second kappa shape index (κ2) is 5.14. The van der Waals surface area contributed by atoms with E-state index in [9.17, 15) is 10.3 Å². The molecule has 5 heteroatoms. The van der Waals surface area contributed by atoms with E-state index in [1.54, 1.807) is 12.1 Å². The Labute approximate surface area is 110 Å². The van der Waals surface area contributed by atoms with Gasteiger partial charge in [0.25, 0.3) is 5.78 Å². The SMILES string of the molecule is C[Si](C)(C)[Si](C)(C)C(=[N+]=[N-])C(=O)c1ccccc1. The zero-order valence-electron chi connectivity index (χ0n) is 11.7. The summed E-state index contributed by atoms with van der Waals surface area (Å²) < 4.78 is 0. The van der Waals surface area contributed by atoms with Crippen molar-refractivity contribution in [1.29, 1.82) is 0 Å². The van der Waals surface area contributed by atoms with Crippen molar-refractivity contribution in [2.24, 2.45) is 0 Å². The maximum atomic E-state index is 12.4. The molecular weight excluding hydrogens is 256 g/mol.